The summed E-state index contributed by atoms with van der Waals surface area (Å²) < 4.78 is 10.7. The summed E-state index contributed by atoms with van der Waals surface area (Å²) in [4.78, 5) is 4.60. The first-order chi connectivity index (χ1) is 12.2. The summed E-state index contributed by atoms with van der Waals surface area (Å²) in [6.07, 6.45) is 0. The Morgan fingerprint density at radius 1 is 1.08 bits per heavy atom. The SMILES string of the molecule is Cc1ccc(C2=NNC(=NCc3ccc4c(c3)OCO4)SC2)cc1C. The largest absolute Gasteiger partial charge is 0.454 e. The molecule has 0 amide bonds. The van der Waals surface area contributed by atoms with E-state index < -0.39 is 0 Å². The summed E-state index contributed by atoms with van der Waals surface area (Å²) in [7, 11) is 0. The van der Waals surface area contributed by atoms with Crippen molar-refractivity contribution in [2.45, 2.75) is 20.4 Å². The zero-order valence-electron chi connectivity index (χ0n) is 14.2. The van der Waals surface area contributed by atoms with Crippen LogP contribution in [0.3, 0.4) is 0 Å². The maximum atomic E-state index is 5.40. The Morgan fingerprint density at radius 2 is 1.96 bits per heavy atom. The standard InChI is InChI=1S/C19H19N3O2S/c1-12-3-5-15(7-13(12)2)16-10-25-19(22-21-16)20-9-14-4-6-17-18(8-14)24-11-23-17/h3-8H,9-11H2,1-2H3,(H,20,22). The number of amidine groups is 1. The molecule has 0 radical (unpaired) electrons. The lowest BCUT2D eigenvalue weighted by Crippen LogP contribution is -2.25. The number of aliphatic imine (C=N–C) groups is 1. The fourth-order valence-electron chi connectivity index (χ4n) is 2.67. The number of hydrogen-bond donors (Lipinski definition) is 1. The molecule has 0 aliphatic carbocycles. The van der Waals surface area contributed by atoms with Crippen molar-refractivity contribution in [2.75, 3.05) is 12.5 Å². The van der Waals surface area contributed by atoms with Crippen molar-refractivity contribution < 1.29 is 9.47 Å². The van der Waals surface area contributed by atoms with Gasteiger partial charge in [-0.15, -0.1) is 0 Å². The predicted octanol–water partition coefficient (Wildman–Crippen LogP) is 3.63. The number of fused-ring (bicyclic) bond motifs is 1. The summed E-state index contributed by atoms with van der Waals surface area (Å²) in [6.45, 7) is 5.12. The Kier molecular flexibility index (Phi) is 4.36. The van der Waals surface area contributed by atoms with E-state index in [0.29, 0.717) is 13.3 Å². The molecule has 2 aliphatic rings. The van der Waals surface area contributed by atoms with E-state index in [1.54, 1.807) is 11.8 Å². The number of aryl methyl sites for hydroxylation is 2. The van der Waals surface area contributed by atoms with Crippen molar-refractivity contribution in [3.05, 3.63) is 58.7 Å². The lowest BCUT2D eigenvalue weighted by Gasteiger charge is -2.15. The monoisotopic (exact) mass is 353 g/mol. The van der Waals surface area contributed by atoms with E-state index in [4.69, 9.17) is 9.47 Å². The third-order valence-corrected chi connectivity index (χ3v) is 5.23. The molecule has 25 heavy (non-hydrogen) atoms. The topological polar surface area (TPSA) is 55.2 Å². The third-order valence-electron chi connectivity index (χ3n) is 4.31. The number of thioether (sulfide) groups is 1. The van der Waals surface area contributed by atoms with Crippen molar-refractivity contribution in [3.8, 4) is 11.5 Å². The van der Waals surface area contributed by atoms with Gasteiger partial charge < -0.3 is 9.47 Å². The van der Waals surface area contributed by atoms with Crippen LogP contribution in [0.1, 0.15) is 22.3 Å². The van der Waals surface area contributed by atoms with E-state index in [-0.39, 0.29) is 0 Å². The van der Waals surface area contributed by atoms with Crippen LogP contribution in [0.15, 0.2) is 46.5 Å². The van der Waals surface area contributed by atoms with Crippen molar-refractivity contribution in [2.24, 2.45) is 10.1 Å². The van der Waals surface area contributed by atoms with Crippen LogP contribution in [0.2, 0.25) is 0 Å². The third kappa shape index (κ3) is 3.49. The molecule has 2 aromatic rings. The number of hydrogen-bond acceptors (Lipinski definition) is 5. The molecule has 6 heteroatoms. The maximum absolute atomic E-state index is 5.40. The Labute approximate surface area is 151 Å². The minimum Gasteiger partial charge on any atom is -0.454 e. The van der Waals surface area contributed by atoms with Gasteiger partial charge in [0, 0.05) is 5.75 Å². The van der Waals surface area contributed by atoms with Crippen LogP contribution in [0, 0.1) is 13.8 Å². The lowest BCUT2D eigenvalue weighted by atomic mass is 10.0. The average molecular weight is 353 g/mol. The summed E-state index contributed by atoms with van der Waals surface area (Å²) in [5.74, 6) is 2.40. The highest BCUT2D eigenvalue weighted by Crippen LogP contribution is 2.32. The molecule has 0 bridgehead atoms. The van der Waals surface area contributed by atoms with Crippen LogP contribution < -0.4 is 14.9 Å². The fraction of sp³-hybridized carbons (Fsp3) is 0.263. The van der Waals surface area contributed by atoms with E-state index >= 15 is 0 Å². The average Bonchev–Trinajstić information content (AvgIpc) is 3.10. The fourth-order valence-corrected chi connectivity index (χ4v) is 3.44. The Morgan fingerprint density at radius 3 is 2.76 bits per heavy atom. The molecule has 128 valence electrons. The summed E-state index contributed by atoms with van der Waals surface area (Å²) in [5, 5.41) is 5.33. The van der Waals surface area contributed by atoms with E-state index in [1.807, 2.05) is 18.2 Å². The van der Waals surface area contributed by atoms with E-state index in [1.165, 1.54) is 11.1 Å². The second-order valence-corrected chi connectivity index (χ2v) is 7.03. The second-order valence-electron chi connectivity index (χ2n) is 6.07. The lowest BCUT2D eigenvalue weighted by molar-refractivity contribution is 0.174. The number of hydrazone groups is 1. The molecule has 0 spiro atoms. The predicted molar refractivity (Wildman–Crippen MR) is 102 cm³/mol. The Balaban J connectivity index is 1.43. The van der Waals surface area contributed by atoms with Crippen LogP contribution in [0.25, 0.3) is 0 Å². The number of ether oxygens (including phenoxy) is 2. The molecule has 2 heterocycles. The molecule has 1 N–H and O–H groups in total. The normalized spacial score (nSPS) is 17.4. The van der Waals surface area contributed by atoms with E-state index in [0.717, 1.165) is 39.3 Å². The van der Waals surface area contributed by atoms with E-state index in [2.05, 4.69) is 47.6 Å². The van der Waals surface area contributed by atoms with Gasteiger partial charge in [-0.2, -0.15) is 5.10 Å². The van der Waals surface area contributed by atoms with Crippen molar-refractivity contribution in [3.63, 3.8) is 0 Å². The number of rotatable bonds is 3. The second kappa shape index (κ2) is 6.80. The highest BCUT2D eigenvalue weighted by Gasteiger charge is 2.15. The van der Waals surface area contributed by atoms with Gasteiger partial charge in [0.25, 0.3) is 0 Å². The quantitative estimate of drug-likeness (QED) is 0.915. The zero-order chi connectivity index (χ0) is 17.2. The van der Waals surface area contributed by atoms with Gasteiger partial charge >= 0.3 is 0 Å². The molecule has 0 unspecified atom stereocenters. The molecule has 5 nitrogen and oxygen atoms in total. The minimum absolute atomic E-state index is 0.292. The van der Waals surface area contributed by atoms with Gasteiger partial charge in [0.2, 0.25) is 6.79 Å². The van der Waals surface area contributed by atoms with Crippen LogP contribution in [-0.2, 0) is 6.54 Å². The van der Waals surface area contributed by atoms with Gasteiger partial charge in [0.1, 0.15) is 0 Å². The molecule has 0 saturated heterocycles. The molecule has 0 atom stereocenters. The zero-order valence-corrected chi connectivity index (χ0v) is 15.0. The maximum Gasteiger partial charge on any atom is 0.231 e. The highest BCUT2D eigenvalue weighted by atomic mass is 32.2. The van der Waals surface area contributed by atoms with Crippen molar-refractivity contribution in [1.82, 2.24) is 5.43 Å². The van der Waals surface area contributed by atoms with Gasteiger partial charge in [-0.1, -0.05) is 30.0 Å². The molecular weight excluding hydrogens is 334 g/mol. The van der Waals surface area contributed by atoms with Crippen molar-refractivity contribution in [1.29, 1.82) is 0 Å². The van der Waals surface area contributed by atoms with Crippen LogP contribution in [0.5, 0.6) is 11.5 Å². The first-order valence-electron chi connectivity index (χ1n) is 8.15. The number of nitrogens with zero attached hydrogens (tertiary/aromatic N) is 2. The number of benzene rings is 2. The van der Waals surface area contributed by atoms with Gasteiger partial charge in [-0.25, -0.2) is 0 Å². The molecule has 2 aromatic carbocycles. The molecule has 0 aromatic heterocycles. The summed E-state index contributed by atoms with van der Waals surface area (Å²) in [5.41, 5.74) is 8.95. The summed E-state index contributed by atoms with van der Waals surface area (Å²) in [6, 6.07) is 12.4. The highest BCUT2D eigenvalue weighted by molar-refractivity contribution is 8.14. The number of nitrogens with one attached hydrogen (secondary N) is 1. The molecule has 0 fully saturated rings. The summed E-state index contributed by atoms with van der Waals surface area (Å²) >= 11 is 1.67. The van der Waals surface area contributed by atoms with Gasteiger partial charge in [-0.05, 0) is 54.3 Å². The first kappa shape index (κ1) is 16.0. The van der Waals surface area contributed by atoms with Gasteiger partial charge in [-0.3, -0.25) is 10.4 Å². The molecule has 2 aliphatic heterocycles. The van der Waals surface area contributed by atoms with Crippen LogP contribution in [0.4, 0.5) is 0 Å². The molecular formula is C19H19N3O2S. The van der Waals surface area contributed by atoms with E-state index in [9.17, 15) is 0 Å². The van der Waals surface area contributed by atoms with Gasteiger partial charge in [0.05, 0.1) is 12.3 Å². The van der Waals surface area contributed by atoms with Gasteiger partial charge in [0.15, 0.2) is 16.7 Å². The minimum atomic E-state index is 0.292. The van der Waals surface area contributed by atoms with Crippen LogP contribution >= 0.6 is 11.8 Å². The van der Waals surface area contributed by atoms with Crippen LogP contribution in [-0.4, -0.2) is 23.4 Å². The smallest absolute Gasteiger partial charge is 0.231 e. The Bertz CT molecular complexity index is 877. The molecule has 4 rings (SSSR count). The molecule has 0 saturated carbocycles. The van der Waals surface area contributed by atoms with Crippen molar-refractivity contribution >= 4 is 22.6 Å². The first-order valence-corrected chi connectivity index (χ1v) is 9.13. The Hall–Kier alpha value is -2.47.